The summed E-state index contributed by atoms with van der Waals surface area (Å²) in [4.78, 5) is 0. The fraction of sp³-hybridized carbons (Fsp3) is 0.400. The Balaban J connectivity index is 1.71. The number of benzene rings is 1. The zero-order valence-corrected chi connectivity index (χ0v) is 12.4. The van der Waals surface area contributed by atoms with E-state index in [1.807, 2.05) is 27.0 Å². The molecule has 0 radical (unpaired) electrons. The maximum atomic E-state index is 12.9. The van der Waals surface area contributed by atoms with Crippen molar-refractivity contribution in [3.8, 4) is 0 Å². The van der Waals surface area contributed by atoms with Gasteiger partial charge in [-0.05, 0) is 38.5 Å². The van der Waals surface area contributed by atoms with Gasteiger partial charge in [-0.3, -0.25) is 4.68 Å². The summed E-state index contributed by atoms with van der Waals surface area (Å²) in [7, 11) is -0.378. The monoisotopic (exact) mass is 288 g/mol. The molecule has 0 saturated carbocycles. The Kier molecular flexibility index (Phi) is 3.59. The van der Waals surface area contributed by atoms with Crippen molar-refractivity contribution >= 4 is 12.6 Å². The molecule has 1 fully saturated rings. The van der Waals surface area contributed by atoms with Crippen LogP contribution in [0.4, 0.5) is 4.39 Å². The normalized spacial score (nSPS) is 21.0. The first-order chi connectivity index (χ1) is 9.94. The number of rotatable bonds is 3. The van der Waals surface area contributed by atoms with Crippen LogP contribution in [0.2, 0.25) is 0 Å². The van der Waals surface area contributed by atoms with E-state index in [1.165, 1.54) is 12.1 Å². The van der Waals surface area contributed by atoms with E-state index in [1.54, 1.807) is 23.0 Å². The van der Waals surface area contributed by atoms with Gasteiger partial charge < -0.3 is 9.31 Å². The van der Waals surface area contributed by atoms with Crippen molar-refractivity contribution in [2.45, 2.75) is 39.0 Å². The van der Waals surface area contributed by atoms with Gasteiger partial charge in [0.2, 0.25) is 0 Å². The van der Waals surface area contributed by atoms with Crippen LogP contribution < -0.4 is 5.46 Å². The average molecular weight is 288 g/mol. The van der Waals surface area contributed by atoms with Crippen LogP contribution in [-0.2, 0) is 15.9 Å². The van der Waals surface area contributed by atoms with Gasteiger partial charge in [0, 0.05) is 17.9 Å². The van der Waals surface area contributed by atoms with Gasteiger partial charge in [-0.2, -0.15) is 5.10 Å². The highest BCUT2D eigenvalue weighted by Gasteiger charge is 2.44. The quantitative estimate of drug-likeness (QED) is 0.810. The highest BCUT2D eigenvalue weighted by Crippen LogP contribution is 2.26. The first kappa shape index (κ1) is 14.3. The Hall–Kier alpha value is -1.66. The molecule has 1 aliphatic rings. The fourth-order valence-electron chi connectivity index (χ4n) is 2.26. The third kappa shape index (κ3) is 3.01. The molecule has 0 bridgehead atoms. The lowest BCUT2D eigenvalue weighted by Gasteiger charge is -2.21. The first-order valence-corrected chi connectivity index (χ1v) is 7.04. The lowest BCUT2D eigenvalue weighted by Crippen LogP contribution is -2.34. The van der Waals surface area contributed by atoms with Crippen LogP contribution >= 0.6 is 0 Å². The van der Waals surface area contributed by atoms with Crippen molar-refractivity contribution in [3.05, 3.63) is 48.0 Å². The second-order valence-electron chi connectivity index (χ2n) is 5.93. The van der Waals surface area contributed by atoms with Crippen molar-refractivity contribution < 1.29 is 13.7 Å². The number of halogens is 1. The highest BCUT2D eigenvalue weighted by molar-refractivity contribution is 6.61. The molecule has 110 valence electrons. The van der Waals surface area contributed by atoms with E-state index >= 15 is 0 Å². The van der Waals surface area contributed by atoms with Gasteiger partial charge in [-0.15, -0.1) is 0 Å². The Bertz CT molecular complexity index is 627. The minimum absolute atomic E-state index is 0.0305. The van der Waals surface area contributed by atoms with Crippen LogP contribution in [0.5, 0.6) is 0 Å². The predicted molar refractivity (Wildman–Crippen MR) is 78.8 cm³/mol. The van der Waals surface area contributed by atoms with E-state index in [0.29, 0.717) is 6.54 Å². The van der Waals surface area contributed by atoms with E-state index in [4.69, 9.17) is 9.31 Å². The molecule has 0 amide bonds. The summed E-state index contributed by atoms with van der Waals surface area (Å²) >= 11 is 0. The van der Waals surface area contributed by atoms with Crippen LogP contribution in [-0.4, -0.2) is 28.6 Å². The molecule has 1 aromatic heterocycles. The van der Waals surface area contributed by atoms with Crippen LogP contribution in [0.15, 0.2) is 36.7 Å². The van der Waals surface area contributed by atoms with Crippen molar-refractivity contribution in [3.63, 3.8) is 0 Å². The molecule has 2 aromatic rings. The summed E-state index contributed by atoms with van der Waals surface area (Å²) in [5.41, 5.74) is 1.59. The molecule has 0 aliphatic carbocycles. The van der Waals surface area contributed by atoms with Crippen LogP contribution in [0, 0.1) is 5.82 Å². The van der Waals surface area contributed by atoms with Gasteiger partial charge in [-0.25, -0.2) is 4.39 Å². The summed E-state index contributed by atoms with van der Waals surface area (Å²) < 4.78 is 26.4. The molecule has 1 atom stereocenters. The van der Waals surface area contributed by atoms with Gasteiger partial charge in [0.15, 0.2) is 0 Å². The van der Waals surface area contributed by atoms with E-state index < -0.39 is 0 Å². The van der Waals surface area contributed by atoms with Crippen molar-refractivity contribution in [2.75, 3.05) is 0 Å². The molecule has 2 heterocycles. The summed E-state index contributed by atoms with van der Waals surface area (Å²) in [6.07, 6.45) is 3.69. The molecule has 1 aliphatic heterocycles. The summed E-state index contributed by atoms with van der Waals surface area (Å²) in [6, 6.07) is 6.41. The van der Waals surface area contributed by atoms with E-state index in [0.717, 1.165) is 11.0 Å². The van der Waals surface area contributed by atoms with Gasteiger partial charge in [0.25, 0.3) is 0 Å². The number of hydrogen-bond donors (Lipinski definition) is 0. The summed E-state index contributed by atoms with van der Waals surface area (Å²) in [5.74, 6) is -0.233. The van der Waals surface area contributed by atoms with Crippen molar-refractivity contribution in [1.82, 2.24) is 9.78 Å². The second kappa shape index (κ2) is 5.28. The molecular formula is C15H18BFN2O2. The van der Waals surface area contributed by atoms with Gasteiger partial charge in [0.05, 0.1) is 18.2 Å². The third-order valence-electron chi connectivity index (χ3n) is 3.90. The Morgan fingerprint density at radius 1 is 1.33 bits per heavy atom. The standard InChI is InChI=1S/C15H18BFN2O2/c1-11-15(2,3)21-16(20-11)13-8-18-19(10-13)9-12-4-6-14(17)7-5-12/h4-8,10-11H,9H2,1-3H3. The number of hydrogen-bond acceptors (Lipinski definition) is 3. The van der Waals surface area contributed by atoms with E-state index in [2.05, 4.69) is 5.10 Å². The molecule has 4 nitrogen and oxygen atoms in total. The third-order valence-corrected chi connectivity index (χ3v) is 3.90. The van der Waals surface area contributed by atoms with Gasteiger partial charge in [0.1, 0.15) is 5.82 Å². The zero-order chi connectivity index (χ0) is 15.0. The molecule has 1 aromatic carbocycles. The minimum Gasteiger partial charge on any atom is -0.402 e. The first-order valence-electron chi connectivity index (χ1n) is 7.04. The summed E-state index contributed by atoms with van der Waals surface area (Å²) in [5, 5.41) is 4.31. The van der Waals surface area contributed by atoms with Gasteiger partial charge in [-0.1, -0.05) is 12.1 Å². The predicted octanol–water partition coefficient (Wildman–Crippen LogP) is 1.98. The highest BCUT2D eigenvalue weighted by atomic mass is 19.1. The zero-order valence-electron chi connectivity index (χ0n) is 12.4. The smallest absolute Gasteiger partial charge is 0.402 e. The molecule has 1 saturated heterocycles. The second-order valence-corrected chi connectivity index (χ2v) is 5.93. The molecule has 0 spiro atoms. The Labute approximate surface area is 124 Å². The maximum absolute atomic E-state index is 12.9. The van der Waals surface area contributed by atoms with Crippen molar-refractivity contribution in [1.29, 1.82) is 0 Å². The fourth-order valence-corrected chi connectivity index (χ4v) is 2.26. The lowest BCUT2D eigenvalue weighted by molar-refractivity contribution is 0.0842. The number of aromatic nitrogens is 2. The Morgan fingerprint density at radius 3 is 2.67 bits per heavy atom. The van der Waals surface area contributed by atoms with E-state index in [9.17, 15) is 4.39 Å². The van der Waals surface area contributed by atoms with Crippen molar-refractivity contribution in [2.24, 2.45) is 0 Å². The van der Waals surface area contributed by atoms with Crippen LogP contribution in [0.25, 0.3) is 0 Å². The Morgan fingerprint density at radius 2 is 2.05 bits per heavy atom. The van der Waals surface area contributed by atoms with Gasteiger partial charge >= 0.3 is 7.12 Å². The van der Waals surface area contributed by atoms with Crippen LogP contribution in [0.3, 0.4) is 0 Å². The van der Waals surface area contributed by atoms with E-state index in [-0.39, 0.29) is 24.6 Å². The molecule has 21 heavy (non-hydrogen) atoms. The largest absolute Gasteiger partial charge is 0.497 e. The average Bonchev–Trinajstić information content (AvgIpc) is 2.98. The molecule has 6 heteroatoms. The summed E-state index contributed by atoms with van der Waals surface area (Å²) in [6.45, 7) is 6.62. The molecule has 1 unspecified atom stereocenters. The van der Waals surface area contributed by atoms with Crippen LogP contribution in [0.1, 0.15) is 26.3 Å². The minimum atomic E-state index is -0.378. The number of nitrogens with zero attached hydrogens (tertiary/aromatic N) is 2. The molecule has 3 rings (SSSR count). The topological polar surface area (TPSA) is 36.3 Å². The lowest BCUT2D eigenvalue weighted by atomic mass is 9.82. The maximum Gasteiger partial charge on any atom is 0.497 e. The molecular weight excluding hydrogens is 270 g/mol. The SMILES string of the molecule is CC1OB(c2cnn(Cc3ccc(F)cc3)c2)OC1(C)C. The molecule has 0 N–H and O–H groups in total.